The first-order chi connectivity index (χ1) is 6.50. The lowest BCUT2D eigenvalue weighted by molar-refractivity contribution is -0.150. The molecule has 1 aliphatic rings. The molecule has 0 radical (unpaired) electrons. The normalized spacial score (nSPS) is 36.6. The molecule has 1 nitrogen and oxygen atoms in total. The summed E-state index contributed by atoms with van der Waals surface area (Å²) >= 11 is 0. The van der Waals surface area contributed by atoms with Crippen molar-refractivity contribution in [2.75, 3.05) is 0 Å². The molecule has 0 amide bonds. The van der Waals surface area contributed by atoms with Gasteiger partial charge in [0.2, 0.25) is 0 Å². The highest BCUT2D eigenvalue weighted by atomic mass is 16.1. The van der Waals surface area contributed by atoms with Crippen LogP contribution in [0.4, 0.5) is 0 Å². The van der Waals surface area contributed by atoms with Crippen molar-refractivity contribution in [1.82, 2.24) is 0 Å². The lowest BCUT2D eigenvalue weighted by Gasteiger charge is -2.53. The Morgan fingerprint density at radius 3 is 2.50 bits per heavy atom. The minimum absolute atomic E-state index is 0.182. The van der Waals surface area contributed by atoms with Gasteiger partial charge in [-0.25, -0.2) is 0 Å². The number of unbranched alkanes of at least 4 members (excludes halogenated alkanes) is 2. The fourth-order valence-corrected chi connectivity index (χ4v) is 2.42. The number of rotatable bonds is 5. The van der Waals surface area contributed by atoms with E-state index in [1.807, 2.05) is 13.0 Å². The maximum absolute atomic E-state index is 11.6. The zero-order valence-corrected chi connectivity index (χ0v) is 9.73. The molecule has 0 bridgehead atoms. The van der Waals surface area contributed by atoms with Crippen molar-refractivity contribution in [3.8, 4) is 0 Å². The second-order valence-corrected chi connectivity index (χ2v) is 5.02. The summed E-state index contributed by atoms with van der Waals surface area (Å²) in [6, 6.07) is 0. The number of allylic oxidation sites excluding steroid dienone is 1. The van der Waals surface area contributed by atoms with Crippen LogP contribution in [0.15, 0.2) is 12.7 Å². The zero-order chi connectivity index (χ0) is 10.8. The molecule has 0 unspecified atom stereocenters. The van der Waals surface area contributed by atoms with Gasteiger partial charge in [-0.05, 0) is 18.8 Å². The van der Waals surface area contributed by atoms with Crippen LogP contribution in [0.2, 0.25) is 0 Å². The molecule has 0 saturated heterocycles. The number of ketones is 1. The van der Waals surface area contributed by atoms with Gasteiger partial charge in [0.25, 0.3) is 0 Å². The summed E-state index contributed by atoms with van der Waals surface area (Å²) in [5.41, 5.74) is -0.0677. The van der Waals surface area contributed by atoms with Crippen molar-refractivity contribution in [2.24, 2.45) is 10.8 Å². The smallest absolute Gasteiger partial charge is 0.143 e. The van der Waals surface area contributed by atoms with E-state index in [-0.39, 0.29) is 10.8 Å². The molecule has 80 valence electrons. The maximum atomic E-state index is 11.6. The van der Waals surface area contributed by atoms with Gasteiger partial charge in [0, 0.05) is 11.8 Å². The molecule has 0 aromatic heterocycles. The van der Waals surface area contributed by atoms with E-state index < -0.39 is 0 Å². The quantitative estimate of drug-likeness (QED) is 0.481. The van der Waals surface area contributed by atoms with Crippen LogP contribution in [0.3, 0.4) is 0 Å². The first-order valence-corrected chi connectivity index (χ1v) is 5.67. The first kappa shape index (κ1) is 11.5. The summed E-state index contributed by atoms with van der Waals surface area (Å²) in [6.45, 7) is 10.3. The van der Waals surface area contributed by atoms with Crippen molar-refractivity contribution in [2.45, 2.75) is 52.9 Å². The summed E-state index contributed by atoms with van der Waals surface area (Å²) in [5, 5.41) is 0. The molecule has 1 fully saturated rings. The van der Waals surface area contributed by atoms with E-state index in [4.69, 9.17) is 0 Å². The summed E-state index contributed by atoms with van der Waals surface area (Å²) < 4.78 is 0. The van der Waals surface area contributed by atoms with Crippen LogP contribution in [0, 0.1) is 10.8 Å². The highest BCUT2D eigenvalue weighted by Gasteiger charge is 2.57. The summed E-state index contributed by atoms with van der Waals surface area (Å²) in [6.07, 6.45) is 7.52. The Labute approximate surface area is 87.6 Å². The third-order valence-electron chi connectivity index (χ3n) is 4.12. The molecule has 14 heavy (non-hydrogen) atoms. The molecular weight excluding hydrogens is 172 g/mol. The Kier molecular flexibility index (Phi) is 3.18. The zero-order valence-electron chi connectivity index (χ0n) is 9.73. The average Bonchev–Trinajstić information content (AvgIpc) is 2.17. The molecular formula is C13H22O. The molecule has 0 spiro atoms. The van der Waals surface area contributed by atoms with Crippen LogP contribution in [0.5, 0.6) is 0 Å². The van der Waals surface area contributed by atoms with Crippen LogP contribution in [0.25, 0.3) is 0 Å². The number of carbonyl (C=O) groups excluding carboxylic acids is 1. The van der Waals surface area contributed by atoms with Crippen molar-refractivity contribution in [3.63, 3.8) is 0 Å². The largest absolute Gasteiger partial charge is 0.299 e. The Balaban J connectivity index is 2.58. The van der Waals surface area contributed by atoms with Gasteiger partial charge in [-0.3, -0.25) is 4.79 Å². The van der Waals surface area contributed by atoms with E-state index in [0.29, 0.717) is 5.78 Å². The third kappa shape index (κ3) is 1.53. The summed E-state index contributed by atoms with van der Waals surface area (Å²) in [4.78, 5) is 11.6. The lowest BCUT2D eigenvalue weighted by Crippen LogP contribution is -2.54. The number of carbonyl (C=O) groups is 1. The van der Waals surface area contributed by atoms with Crippen molar-refractivity contribution >= 4 is 5.78 Å². The van der Waals surface area contributed by atoms with Crippen LogP contribution >= 0.6 is 0 Å². The van der Waals surface area contributed by atoms with Crippen LogP contribution < -0.4 is 0 Å². The third-order valence-corrected chi connectivity index (χ3v) is 4.12. The van der Waals surface area contributed by atoms with E-state index in [1.165, 1.54) is 19.3 Å². The molecule has 2 atom stereocenters. The van der Waals surface area contributed by atoms with Gasteiger partial charge in [0.15, 0.2) is 0 Å². The highest BCUT2D eigenvalue weighted by molar-refractivity contribution is 5.94. The van der Waals surface area contributed by atoms with E-state index in [1.54, 1.807) is 0 Å². The molecule has 1 heteroatoms. The molecule has 0 heterocycles. The lowest BCUT2D eigenvalue weighted by atomic mass is 9.48. The SMILES string of the molecule is C=C[C@]1(C)C(=O)C[C@]1(C)CCCCC. The molecule has 0 N–H and O–H groups in total. The van der Waals surface area contributed by atoms with Crippen LogP contribution in [-0.2, 0) is 4.79 Å². The van der Waals surface area contributed by atoms with E-state index in [0.717, 1.165) is 12.8 Å². The predicted octanol–water partition coefficient (Wildman–Crippen LogP) is 3.74. The highest BCUT2D eigenvalue weighted by Crippen LogP contribution is 2.57. The summed E-state index contributed by atoms with van der Waals surface area (Å²) in [5.74, 6) is 0.367. The van der Waals surface area contributed by atoms with Gasteiger partial charge in [-0.2, -0.15) is 0 Å². The van der Waals surface area contributed by atoms with Gasteiger partial charge in [0.05, 0.1) is 0 Å². The minimum atomic E-state index is -0.249. The number of hydrogen-bond acceptors (Lipinski definition) is 1. The second kappa shape index (κ2) is 3.88. The molecule has 1 saturated carbocycles. The standard InChI is InChI=1S/C13H22O/c1-5-7-8-9-12(3)10-11(14)13(12,4)6-2/h6H,2,5,7-10H2,1,3-4H3/t12-,13+/m0/s1. The topological polar surface area (TPSA) is 17.1 Å². The average molecular weight is 194 g/mol. The van der Waals surface area contributed by atoms with Crippen LogP contribution in [0.1, 0.15) is 52.9 Å². The molecule has 1 aliphatic carbocycles. The van der Waals surface area contributed by atoms with Gasteiger partial charge >= 0.3 is 0 Å². The number of hydrogen-bond donors (Lipinski definition) is 0. The van der Waals surface area contributed by atoms with E-state index in [2.05, 4.69) is 20.4 Å². The molecule has 1 rings (SSSR count). The second-order valence-electron chi connectivity index (χ2n) is 5.02. The Morgan fingerprint density at radius 2 is 2.07 bits per heavy atom. The predicted molar refractivity (Wildman–Crippen MR) is 60.2 cm³/mol. The Morgan fingerprint density at radius 1 is 1.43 bits per heavy atom. The first-order valence-electron chi connectivity index (χ1n) is 5.67. The van der Waals surface area contributed by atoms with Gasteiger partial charge in [-0.15, -0.1) is 6.58 Å². The minimum Gasteiger partial charge on any atom is -0.299 e. The fraction of sp³-hybridized carbons (Fsp3) is 0.769. The maximum Gasteiger partial charge on any atom is 0.143 e. The Bertz CT molecular complexity index is 244. The van der Waals surface area contributed by atoms with E-state index >= 15 is 0 Å². The van der Waals surface area contributed by atoms with Crippen molar-refractivity contribution in [1.29, 1.82) is 0 Å². The molecule has 0 aromatic carbocycles. The Hall–Kier alpha value is -0.590. The molecule has 0 aromatic rings. The van der Waals surface area contributed by atoms with Crippen molar-refractivity contribution < 1.29 is 4.79 Å². The molecule has 0 aliphatic heterocycles. The van der Waals surface area contributed by atoms with Gasteiger partial charge < -0.3 is 0 Å². The van der Waals surface area contributed by atoms with Gasteiger partial charge in [-0.1, -0.05) is 39.2 Å². The van der Waals surface area contributed by atoms with Gasteiger partial charge in [0.1, 0.15) is 5.78 Å². The van der Waals surface area contributed by atoms with E-state index in [9.17, 15) is 4.79 Å². The van der Waals surface area contributed by atoms with Crippen LogP contribution in [-0.4, -0.2) is 5.78 Å². The number of Topliss-reactive ketones (excluding diaryl/α,β-unsaturated/α-hetero) is 1. The fourth-order valence-electron chi connectivity index (χ4n) is 2.42. The summed E-state index contributed by atoms with van der Waals surface area (Å²) in [7, 11) is 0. The van der Waals surface area contributed by atoms with Crippen molar-refractivity contribution in [3.05, 3.63) is 12.7 Å². The monoisotopic (exact) mass is 194 g/mol.